The van der Waals surface area contributed by atoms with Crippen LogP contribution < -0.4 is 14.4 Å². The Labute approximate surface area is 201 Å². The Balaban J connectivity index is 1.82. The maximum atomic E-state index is 13.5. The second-order valence-corrected chi connectivity index (χ2v) is 9.24. The molecule has 0 unspecified atom stereocenters. The molecule has 3 rings (SSSR count). The standard InChI is InChI=1S/C26H35N3O3S/c1-5-7-8-19-32-21-15-13-20(14-16-21)25(30)29(18-10-17-28(3)4)26-27-24-22(31-6-2)11-9-12-23(24)33-26/h9,11-16H,5-8,10,17-19H2,1-4H3. The molecular weight excluding hydrogens is 434 g/mol. The number of para-hydroxylation sites is 1. The average Bonchev–Trinajstić information content (AvgIpc) is 3.24. The van der Waals surface area contributed by atoms with Crippen LogP contribution in [0.3, 0.4) is 0 Å². The molecule has 1 amide bonds. The van der Waals surface area contributed by atoms with E-state index in [4.69, 9.17) is 14.5 Å². The Morgan fingerprint density at radius 2 is 1.76 bits per heavy atom. The Hall–Kier alpha value is -2.64. The van der Waals surface area contributed by atoms with Crippen LogP contribution in [0.4, 0.5) is 5.13 Å². The van der Waals surface area contributed by atoms with Gasteiger partial charge in [0.05, 0.1) is 17.9 Å². The van der Waals surface area contributed by atoms with Gasteiger partial charge in [0.2, 0.25) is 0 Å². The smallest absolute Gasteiger partial charge is 0.260 e. The van der Waals surface area contributed by atoms with Gasteiger partial charge < -0.3 is 14.4 Å². The molecule has 0 aliphatic rings. The number of thiazole rings is 1. The van der Waals surface area contributed by atoms with Crippen molar-refractivity contribution in [3.05, 3.63) is 48.0 Å². The molecule has 7 heteroatoms. The average molecular weight is 470 g/mol. The molecule has 1 aromatic heterocycles. The van der Waals surface area contributed by atoms with Gasteiger partial charge >= 0.3 is 0 Å². The largest absolute Gasteiger partial charge is 0.494 e. The fraction of sp³-hybridized carbons (Fsp3) is 0.462. The normalized spacial score (nSPS) is 11.2. The number of benzene rings is 2. The number of amides is 1. The molecule has 178 valence electrons. The fourth-order valence-electron chi connectivity index (χ4n) is 3.52. The predicted molar refractivity (Wildman–Crippen MR) is 137 cm³/mol. The molecule has 0 saturated heterocycles. The van der Waals surface area contributed by atoms with Gasteiger partial charge in [0.1, 0.15) is 17.0 Å². The Kier molecular flexibility index (Phi) is 9.51. The highest BCUT2D eigenvalue weighted by atomic mass is 32.1. The lowest BCUT2D eigenvalue weighted by atomic mass is 10.2. The predicted octanol–water partition coefficient (Wildman–Crippen LogP) is 5.86. The van der Waals surface area contributed by atoms with Gasteiger partial charge in [0, 0.05) is 12.1 Å². The third-order valence-corrected chi connectivity index (χ3v) is 6.30. The lowest BCUT2D eigenvalue weighted by Gasteiger charge is -2.21. The van der Waals surface area contributed by atoms with Crippen molar-refractivity contribution in [3.8, 4) is 11.5 Å². The van der Waals surface area contributed by atoms with Crippen LogP contribution in [0.25, 0.3) is 10.2 Å². The minimum atomic E-state index is -0.0525. The summed E-state index contributed by atoms with van der Waals surface area (Å²) in [4.78, 5) is 22.3. The highest BCUT2D eigenvalue weighted by molar-refractivity contribution is 7.22. The summed E-state index contributed by atoms with van der Waals surface area (Å²) >= 11 is 1.52. The first-order valence-corrected chi connectivity index (χ1v) is 12.6. The van der Waals surface area contributed by atoms with Crippen molar-refractivity contribution in [2.45, 2.75) is 39.5 Å². The van der Waals surface area contributed by atoms with Gasteiger partial charge in [0.25, 0.3) is 5.91 Å². The van der Waals surface area contributed by atoms with Crippen molar-refractivity contribution in [1.29, 1.82) is 0 Å². The van der Waals surface area contributed by atoms with E-state index in [9.17, 15) is 4.79 Å². The number of anilines is 1. The first kappa shape index (κ1) is 25.0. The number of unbranched alkanes of at least 4 members (excludes halogenated alkanes) is 2. The summed E-state index contributed by atoms with van der Waals surface area (Å²) in [7, 11) is 4.08. The Bertz CT molecular complexity index is 1020. The molecule has 0 saturated carbocycles. The third-order valence-electron chi connectivity index (χ3n) is 5.25. The van der Waals surface area contributed by atoms with Crippen molar-refractivity contribution in [3.63, 3.8) is 0 Å². The van der Waals surface area contributed by atoms with Gasteiger partial charge in [-0.15, -0.1) is 0 Å². The van der Waals surface area contributed by atoms with Gasteiger partial charge in [-0.25, -0.2) is 4.98 Å². The topological polar surface area (TPSA) is 54.9 Å². The summed E-state index contributed by atoms with van der Waals surface area (Å²) in [5, 5.41) is 0.695. The van der Waals surface area contributed by atoms with Crippen LogP contribution in [0.1, 0.15) is 49.9 Å². The number of nitrogens with zero attached hydrogens (tertiary/aromatic N) is 3. The van der Waals surface area contributed by atoms with E-state index < -0.39 is 0 Å². The molecule has 0 atom stereocenters. The summed E-state index contributed by atoms with van der Waals surface area (Å²) in [6, 6.07) is 13.3. The lowest BCUT2D eigenvalue weighted by Crippen LogP contribution is -2.33. The zero-order valence-corrected chi connectivity index (χ0v) is 21.0. The van der Waals surface area contributed by atoms with E-state index in [1.165, 1.54) is 11.3 Å². The lowest BCUT2D eigenvalue weighted by molar-refractivity contribution is 0.0986. The number of rotatable bonds is 13. The Morgan fingerprint density at radius 3 is 2.45 bits per heavy atom. The molecule has 0 N–H and O–H groups in total. The molecule has 1 heterocycles. The summed E-state index contributed by atoms with van der Waals surface area (Å²) in [6.45, 7) is 6.89. The van der Waals surface area contributed by atoms with E-state index in [0.717, 1.165) is 53.9 Å². The number of ether oxygens (including phenoxy) is 2. The third kappa shape index (κ3) is 6.92. The first-order chi connectivity index (χ1) is 16.0. The molecule has 0 fully saturated rings. The molecule has 0 aliphatic heterocycles. The van der Waals surface area contributed by atoms with Crippen LogP contribution >= 0.6 is 11.3 Å². The monoisotopic (exact) mass is 469 g/mol. The molecule has 0 aliphatic carbocycles. The van der Waals surface area contributed by atoms with Crippen molar-refractivity contribution < 1.29 is 14.3 Å². The molecule has 3 aromatic rings. The number of carbonyl (C=O) groups is 1. The molecule has 33 heavy (non-hydrogen) atoms. The van der Waals surface area contributed by atoms with Crippen molar-refractivity contribution >= 4 is 32.6 Å². The summed E-state index contributed by atoms with van der Waals surface area (Å²) in [6.07, 6.45) is 4.22. The quantitative estimate of drug-likeness (QED) is 0.293. The number of hydrogen-bond acceptors (Lipinski definition) is 6. The molecular formula is C26H35N3O3S. The zero-order valence-electron chi connectivity index (χ0n) is 20.2. The highest BCUT2D eigenvalue weighted by Crippen LogP contribution is 2.35. The number of hydrogen-bond donors (Lipinski definition) is 0. The fourth-order valence-corrected chi connectivity index (χ4v) is 4.53. The zero-order chi connectivity index (χ0) is 23.6. The van der Waals surface area contributed by atoms with Gasteiger partial charge in [-0.2, -0.15) is 0 Å². The SMILES string of the molecule is CCCCCOc1ccc(C(=O)N(CCCN(C)C)c2nc3c(OCC)cccc3s2)cc1. The van der Waals surface area contributed by atoms with Crippen LogP contribution in [0.5, 0.6) is 11.5 Å². The van der Waals surface area contributed by atoms with Gasteiger partial charge in [-0.05, 0) is 76.8 Å². The van der Waals surface area contributed by atoms with Crippen molar-refractivity contribution in [1.82, 2.24) is 9.88 Å². The molecule has 0 bridgehead atoms. The van der Waals surface area contributed by atoms with Gasteiger partial charge in [-0.3, -0.25) is 9.69 Å². The van der Waals surface area contributed by atoms with Crippen LogP contribution in [-0.4, -0.2) is 56.2 Å². The number of aromatic nitrogens is 1. The van der Waals surface area contributed by atoms with Gasteiger partial charge in [0.15, 0.2) is 5.13 Å². The maximum Gasteiger partial charge on any atom is 0.260 e. The van der Waals surface area contributed by atoms with Crippen LogP contribution in [0.15, 0.2) is 42.5 Å². The van der Waals surface area contributed by atoms with E-state index in [2.05, 4.69) is 11.8 Å². The van der Waals surface area contributed by atoms with E-state index in [1.54, 1.807) is 4.90 Å². The molecule has 2 aromatic carbocycles. The number of carbonyl (C=O) groups excluding carboxylic acids is 1. The Morgan fingerprint density at radius 1 is 0.970 bits per heavy atom. The summed E-state index contributed by atoms with van der Waals surface area (Å²) in [5.74, 6) is 1.49. The van der Waals surface area contributed by atoms with Crippen LogP contribution in [-0.2, 0) is 0 Å². The molecule has 6 nitrogen and oxygen atoms in total. The van der Waals surface area contributed by atoms with E-state index in [0.29, 0.717) is 30.5 Å². The van der Waals surface area contributed by atoms with E-state index >= 15 is 0 Å². The molecule has 0 radical (unpaired) electrons. The van der Waals surface area contributed by atoms with E-state index in [1.807, 2.05) is 63.5 Å². The van der Waals surface area contributed by atoms with Crippen molar-refractivity contribution in [2.24, 2.45) is 0 Å². The second-order valence-electron chi connectivity index (χ2n) is 8.23. The first-order valence-electron chi connectivity index (χ1n) is 11.7. The van der Waals surface area contributed by atoms with E-state index in [-0.39, 0.29) is 5.91 Å². The minimum absolute atomic E-state index is 0.0525. The summed E-state index contributed by atoms with van der Waals surface area (Å²) in [5.41, 5.74) is 1.44. The van der Waals surface area contributed by atoms with Crippen LogP contribution in [0, 0.1) is 0 Å². The van der Waals surface area contributed by atoms with Crippen LogP contribution in [0.2, 0.25) is 0 Å². The minimum Gasteiger partial charge on any atom is -0.494 e. The van der Waals surface area contributed by atoms with Crippen molar-refractivity contribution in [2.75, 3.05) is 45.3 Å². The highest BCUT2D eigenvalue weighted by Gasteiger charge is 2.22. The maximum absolute atomic E-state index is 13.5. The number of fused-ring (bicyclic) bond motifs is 1. The van der Waals surface area contributed by atoms with Gasteiger partial charge in [-0.1, -0.05) is 37.2 Å². The molecule has 0 spiro atoms. The second kappa shape index (κ2) is 12.6. The summed E-state index contributed by atoms with van der Waals surface area (Å²) < 4.78 is 12.6.